The van der Waals surface area contributed by atoms with Gasteiger partial charge in [0.15, 0.2) is 23.1 Å². The Balaban J connectivity index is 0.000000244. The van der Waals surface area contributed by atoms with Gasteiger partial charge >= 0.3 is 5.97 Å². The molecule has 8 aromatic rings. The quantitative estimate of drug-likeness (QED) is 0.0585. The standard InChI is InChI=1S/C28H25BrFN5O4.C17H15N3O4.C11H12BrFN2O.ClH.S2.H2S/c1-15(36)22-13-34(23-9-25(37)20(8-21(22)23)17-10-31-16(2)32-11-17)14-28(39)35-12-18(30)6-24(35)26(38)7-19-4-3-5-27(29)33-19;1-9(21)14-7-20(8-17(23)24)15-4-16(22)12(3-13(14)15)11-5-18-10(2)19-6-11;12-11-3-1-2-8(15-11)5-10(16)9-4-7(13)6-14-9;;1-2;/h3-5,8-11,13,18,24,37H,6-7,12,14H2,1-2H3;3-7,22H,8H2,1-2H3,(H,23,24);1-3,7,9,14H,4-6H2;1H;;1H2/t18-,24?;;7-,9?;;;/m1.1.../s1. The Kier molecular flexibility index (Phi) is 24.2. The van der Waals surface area contributed by atoms with Gasteiger partial charge < -0.3 is 34.7 Å². The molecule has 27 heteroatoms. The first-order chi connectivity index (χ1) is 38.6. The predicted octanol–water partition coefficient (Wildman–Crippen LogP) is 8.81. The minimum atomic E-state index is -1.32. The summed E-state index contributed by atoms with van der Waals surface area (Å²) in [4.78, 5) is 99.9. The number of aryl methyl sites for hydroxylation is 2. The van der Waals surface area contributed by atoms with Crippen molar-refractivity contribution in [2.75, 3.05) is 13.1 Å². The number of carbonyl (C=O) groups is 6. The van der Waals surface area contributed by atoms with E-state index in [0.717, 1.165) is 0 Å². The van der Waals surface area contributed by atoms with Crippen LogP contribution in [0, 0.1) is 13.8 Å². The van der Waals surface area contributed by atoms with Gasteiger partial charge in [0.25, 0.3) is 0 Å². The number of alkyl halides is 2. The van der Waals surface area contributed by atoms with Crippen molar-refractivity contribution in [2.45, 2.75) is 90.9 Å². The lowest BCUT2D eigenvalue weighted by Gasteiger charge is -2.24. The van der Waals surface area contributed by atoms with Gasteiger partial charge in [-0.25, -0.2) is 38.7 Å². The van der Waals surface area contributed by atoms with Crippen molar-refractivity contribution in [3.63, 3.8) is 0 Å². The number of fused-ring (bicyclic) bond motifs is 2. The summed E-state index contributed by atoms with van der Waals surface area (Å²) >= 11 is 13.9. The molecule has 0 saturated carbocycles. The molecule has 0 aliphatic carbocycles. The first-order valence-electron chi connectivity index (χ1n) is 24.9. The highest BCUT2D eigenvalue weighted by molar-refractivity contribution is 9.10. The zero-order chi connectivity index (χ0) is 58.8. The fourth-order valence-electron chi connectivity index (χ4n) is 9.38. The summed E-state index contributed by atoms with van der Waals surface area (Å²) in [5, 5.41) is 34.2. The number of hydrogen-bond acceptors (Lipinski definition) is 17. The number of rotatable bonds is 14. The van der Waals surface area contributed by atoms with Gasteiger partial charge in [-0.3, -0.25) is 28.8 Å². The maximum absolute atomic E-state index is 14.5. The van der Waals surface area contributed by atoms with E-state index < -0.39 is 30.3 Å². The molecular formula is C56H55Br2ClF2N10O9S3. The number of carbonyl (C=O) groups excluding carboxylic acids is 5. The molecule has 83 heavy (non-hydrogen) atoms. The first kappa shape index (κ1) is 66.9. The number of aromatic hydroxyl groups is 2. The van der Waals surface area contributed by atoms with E-state index in [9.17, 15) is 47.8 Å². The molecule has 2 unspecified atom stereocenters. The number of phenols is 2. The van der Waals surface area contributed by atoms with Gasteiger partial charge in [-0.1, -0.05) is 12.1 Å². The molecule has 8 heterocycles. The van der Waals surface area contributed by atoms with Gasteiger partial charge in [0.1, 0.15) is 57.8 Å². The molecule has 0 spiro atoms. The number of Topliss-reactive ketones (excluding diaryl/α,β-unsaturated/α-hetero) is 4. The summed E-state index contributed by atoms with van der Waals surface area (Å²) in [6.07, 6.45) is 7.60. The molecule has 1 amide bonds. The highest BCUT2D eigenvalue weighted by Crippen LogP contribution is 2.37. The van der Waals surface area contributed by atoms with Crippen molar-refractivity contribution >= 4 is 137 Å². The molecule has 0 bridgehead atoms. The number of aliphatic carboxylic acids is 1. The van der Waals surface area contributed by atoms with Crippen LogP contribution in [0.1, 0.15) is 70.4 Å². The monoisotopic (exact) mass is 1340 g/mol. The van der Waals surface area contributed by atoms with Crippen molar-refractivity contribution in [2.24, 2.45) is 0 Å². The van der Waals surface area contributed by atoms with Crippen molar-refractivity contribution in [1.82, 2.24) is 49.3 Å². The highest BCUT2D eigenvalue weighted by Gasteiger charge is 2.40. The average molecular weight is 1340 g/mol. The van der Waals surface area contributed by atoms with Crippen LogP contribution in [0.25, 0.3) is 44.1 Å². The summed E-state index contributed by atoms with van der Waals surface area (Å²) in [6, 6.07) is 15.6. The van der Waals surface area contributed by atoms with Gasteiger partial charge in [-0.15, -0.1) is 12.4 Å². The van der Waals surface area contributed by atoms with E-state index in [4.69, 9.17) is 5.11 Å². The van der Waals surface area contributed by atoms with E-state index in [2.05, 4.69) is 89.5 Å². The number of aromatic nitrogens is 8. The van der Waals surface area contributed by atoms with E-state index in [1.807, 2.05) is 6.07 Å². The van der Waals surface area contributed by atoms with Crippen molar-refractivity contribution in [3.05, 3.63) is 141 Å². The Morgan fingerprint density at radius 1 is 0.675 bits per heavy atom. The second-order valence-electron chi connectivity index (χ2n) is 19.0. The number of hydrogen-bond donors (Lipinski definition) is 4. The minimum Gasteiger partial charge on any atom is -0.507 e. The van der Waals surface area contributed by atoms with Crippen LogP contribution in [0.2, 0.25) is 0 Å². The second kappa shape index (κ2) is 30.0. The molecule has 2 fully saturated rings. The molecule has 10 rings (SSSR count). The SMILES string of the molecule is CC(=O)c1cn(CC(=O)N2C[C@H](F)CC2C(=O)Cc2cccc(Br)n2)c2cc(O)c(-c3cnc(C)nc3)cc12.CC(=O)c1cn(CC(=O)O)c2cc(O)c(-c3cnc(C)nc3)cc12.Cl.O=C(Cc1cccc(Br)n1)C1C[C@@H](F)CN1.S.S=S. The number of pyridine rings is 2. The van der Waals surface area contributed by atoms with Gasteiger partial charge in [-0.2, -0.15) is 13.5 Å². The minimum absolute atomic E-state index is 0. The molecule has 4 atom stereocenters. The van der Waals surface area contributed by atoms with Crippen molar-refractivity contribution < 1.29 is 52.9 Å². The maximum atomic E-state index is 14.5. The normalized spacial score (nSPS) is 16.0. The largest absolute Gasteiger partial charge is 0.507 e. The molecule has 2 aromatic carbocycles. The predicted molar refractivity (Wildman–Crippen MR) is 326 cm³/mol. The van der Waals surface area contributed by atoms with Crippen molar-refractivity contribution in [1.29, 1.82) is 0 Å². The van der Waals surface area contributed by atoms with E-state index in [-0.39, 0.29) is 118 Å². The lowest BCUT2D eigenvalue weighted by molar-refractivity contribution is -0.138. The molecule has 2 aliphatic heterocycles. The maximum Gasteiger partial charge on any atom is 0.323 e. The zero-order valence-electron chi connectivity index (χ0n) is 44.8. The van der Waals surface area contributed by atoms with E-state index >= 15 is 0 Å². The molecule has 4 N–H and O–H groups in total. The van der Waals surface area contributed by atoms with Crippen molar-refractivity contribution in [3.8, 4) is 33.8 Å². The van der Waals surface area contributed by atoms with Crippen LogP contribution >= 0.6 is 57.8 Å². The zero-order valence-corrected chi connectivity index (χ0v) is 51.4. The Labute approximate surface area is 514 Å². The Morgan fingerprint density at radius 3 is 1.53 bits per heavy atom. The van der Waals surface area contributed by atoms with Crippen LogP contribution < -0.4 is 5.32 Å². The molecule has 0 radical (unpaired) electrons. The third kappa shape index (κ3) is 16.9. The number of amides is 1. The topological polar surface area (TPSA) is 266 Å². The van der Waals surface area contributed by atoms with Crippen LogP contribution in [0.4, 0.5) is 8.78 Å². The third-order valence-corrected chi connectivity index (χ3v) is 14.1. The number of halogens is 5. The lowest BCUT2D eigenvalue weighted by Crippen LogP contribution is -2.42. The molecule has 2 aliphatic rings. The first-order valence-corrected chi connectivity index (χ1v) is 27.8. The van der Waals surface area contributed by atoms with Crippen LogP contribution in [-0.2, 0) is 67.5 Å². The summed E-state index contributed by atoms with van der Waals surface area (Å²) < 4.78 is 31.6. The number of ketones is 4. The molecule has 19 nitrogen and oxygen atoms in total. The van der Waals surface area contributed by atoms with E-state index in [1.165, 1.54) is 41.6 Å². The fourth-order valence-corrected chi connectivity index (χ4v) is 10.1. The third-order valence-electron chi connectivity index (χ3n) is 13.2. The number of phenolic OH excluding ortho intramolecular Hbond substituents is 2. The molecular weight excluding hydrogens is 1290 g/mol. The molecule has 6 aromatic heterocycles. The van der Waals surface area contributed by atoms with Crippen LogP contribution in [0.15, 0.2) is 107 Å². The average Bonchev–Trinajstić information content (AvgIpc) is 2.84. The van der Waals surface area contributed by atoms with Crippen LogP contribution in [0.3, 0.4) is 0 Å². The van der Waals surface area contributed by atoms with Gasteiger partial charge in [-0.05, 0) is 96.0 Å². The fraction of sp³-hybridized carbons (Fsp3) is 0.286. The number of nitrogens with one attached hydrogen (secondary N) is 1. The van der Waals surface area contributed by atoms with Crippen LogP contribution in [-0.4, -0.2) is 132 Å². The molecule has 2 saturated heterocycles. The number of carboxylic acids is 1. The van der Waals surface area contributed by atoms with E-state index in [1.54, 1.807) is 91.9 Å². The van der Waals surface area contributed by atoms with Gasteiger partial charge in [0.2, 0.25) is 5.91 Å². The van der Waals surface area contributed by atoms with Gasteiger partial charge in [0, 0.05) is 147 Å². The summed E-state index contributed by atoms with van der Waals surface area (Å²) in [6.45, 7) is 5.90. The van der Waals surface area contributed by atoms with Gasteiger partial charge in [0.05, 0.1) is 42.5 Å². The summed E-state index contributed by atoms with van der Waals surface area (Å²) in [5.41, 5.74) is 5.06. The number of carboxylic acid groups (broad SMARTS) is 1. The number of benzene rings is 2. The number of likely N-dealkylation sites (tertiary alicyclic amines) is 1. The lowest BCUT2D eigenvalue weighted by atomic mass is 10.0. The summed E-state index contributed by atoms with van der Waals surface area (Å²) in [5.74, 6) is -1.10. The van der Waals surface area contributed by atoms with Crippen LogP contribution in [0.5, 0.6) is 11.5 Å². The number of nitrogens with zero attached hydrogens (tertiary/aromatic N) is 9. The Hall–Kier alpha value is -6.94. The highest BCUT2D eigenvalue weighted by atomic mass is 79.9. The Bertz CT molecular complexity index is 3700. The molecule has 436 valence electrons. The second-order valence-corrected chi connectivity index (χ2v) is 20.7. The summed E-state index contributed by atoms with van der Waals surface area (Å²) in [7, 11) is 0. The Morgan fingerprint density at radius 2 is 1.12 bits per heavy atom. The van der Waals surface area contributed by atoms with E-state index in [0.29, 0.717) is 87.4 Å². The smallest absolute Gasteiger partial charge is 0.323 e.